The molecule has 0 saturated heterocycles. The van der Waals surface area contributed by atoms with E-state index in [2.05, 4.69) is 10.4 Å². The third-order valence-electron chi connectivity index (χ3n) is 5.00. The summed E-state index contributed by atoms with van der Waals surface area (Å²) in [6, 6.07) is 23.5. The lowest BCUT2D eigenvalue weighted by Gasteiger charge is -2.07. The molecule has 3 aromatic carbocycles. The largest absolute Gasteiger partial charge is 0.497 e. The van der Waals surface area contributed by atoms with Crippen molar-refractivity contribution in [3.8, 4) is 22.7 Å². The molecule has 166 valence electrons. The van der Waals surface area contributed by atoms with Crippen molar-refractivity contribution in [3.63, 3.8) is 0 Å². The van der Waals surface area contributed by atoms with Crippen LogP contribution in [-0.4, -0.2) is 35.4 Å². The number of hydrogen-bond donors (Lipinski definition) is 1. The maximum absolute atomic E-state index is 13.2. The van der Waals surface area contributed by atoms with E-state index in [1.807, 2.05) is 54.6 Å². The van der Waals surface area contributed by atoms with Crippen molar-refractivity contribution in [1.82, 2.24) is 9.78 Å². The number of methoxy groups -OCH3 is 1. The number of carbonyl (C=O) groups is 2. The summed E-state index contributed by atoms with van der Waals surface area (Å²) in [6.07, 6.45) is 1.71. The van der Waals surface area contributed by atoms with Crippen molar-refractivity contribution in [1.29, 1.82) is 0 Å². The van der Waals surface area contributed by atoms with Gasteiger partial charge in [0.2, 0.25) is 0 Å². The molecule has 1 amide bonds. The number of ether oxygens (including phenoxy) is 2. The summed E-state index contributed by atoms with van der Waals surface area (Å²) in [5.74, 6) is 0.00197. The molecule has 4 aromatic rings. The van der Waals surface area contributed by atoms with Gasteiger partial charge in [0.1, 0.15) is 11.4 Å². The smallest absolute Gasteiger partial charge is 0.338 e. The first kappa shape index (κ1) is 21.8. The minimum absolute atomic E-state index is 0.302. The standard InChI is InChI=1S/C26H23N3O4/c1-3-33-26(31)19-9-13-20(14-10-19)27-25(30)23-17-29(21-7-5-4-6-8-21)28-24(23)18-11-15-22(32-2)16-12-18/h4-17H,3H2,1-2H3,(H,27,30). The number of nitrogens with zero attached hydrogens (tertiary/aromatic N) is 2. The first-order chi connectivity index (χ1) is 16.1. The van der Waals surface area contributed by atoms with Crippen LogP contribution in [0.1, 0.15) is 27.6 Å². The van der Waals surface area contributed by atoms with Gasteiger partial charge in [-0.2, -0.15) is 5.10 Å². The van der Waals surface area contributed by atoms with Gasteiger partial charge in [-0.3, -0.25) is 4.79 Å². The van der Waals surface area contributed by atoms with Gasteiger partial charge in [0.05, 0.1) is 30.5 Å². The number of aromatic nitrogens is 2. The molecule has 33 heavy (non-hydrogen) atoms. The van der Waals surface area contributed by atoms with Crippen LogP contribution in [0.3, 0.4) is 0 Å². The van der Waals surface area contributed by atoms with Gasteiger partial charge in [-0.1, -0.05) is 18.2 Å². The quantitative estimate of drug-likeness (QED) is 0.409. The Morgan fingerprint density at radius 3 is 2.27 bits per heavy atom. The molecule has 0 bridgehead atoms. The van der Waals surface area contributed by atoms with Crippen molar-refractivity contribution >= 4 is 17.6 Å². The van der Waals surface area contributed by atoms with Gasteiger partial charge in [0, 0.05) is 17.4 Å². The molecule has 1 N–H and O–H groups in total. The van der Waals surface area contributed by atoms with E-state index in [-0.39, 0.29) is 5.91 Å². The van der Waals surface area contributed by atoms with Crippen LogP contribution in [0.2, 0.25) is 0 Å². The van der Waals surface area contributed by atoms with Crippen LogP contribution < -0.4 is 10.1 Å². The van der Waals surface area contributed by atoms with E-state index in [1.165, 1.54) is 0 Å². The average molecular weight is 441 g/mol. The minimum atomic E-state index is -0.402. The Kier molecular flexibility index (Phi) is 6.50. The monoisotopic (exact) mass is 441 g/mol. The van der Waals surface area contributed by atoms with E-state index in [9.17, 15) is 9.59 Å². The minimum Gasteiger partial charge on any atom is -0.497 e. The Bertz CT molecular complexity index is 1250. The molecule has 0 spiro atoms. The number of nitrogens with one attached hydrogen (secondary N) is 1. The Balaban J connectivity index is 1.65. The highest BCUT2D eigenvalue weighted by molar-refractivity contribution is 6.08. The zero-order chi connectivity index (χ0) is 23.2. The summed E-state index contributed by atoms with van der Waals surface area (Å²) in [5, 5.41) is 7.57. The van der Waals surface area contributed by atoms with Crippen LogP contribution in [0.15, 0.2) is 85.1 Å². The molecule has 0 radical (unpaired) electrons. The normalized spacial score (nSPS) is 10.5. The third kappa shape index (κ3) is 4.93. The Labute approximate surface area is 191 Å². The topological polar surface area (TPSA) is 82.5 Å². The summed E-state index contributed by atoms with van der Waals surface area (Å²) >= 11 is 0. The Morgan fingerprint density at radius 1 is 0.939 bits per heavy atom. The predicted molar refractivity (Wildman–Crippen MR) is 126 cm³/mol. The lowest BCUT2D eigenvalue weighted by molar-refractivity contribution is 0.0526. The predicted octanol–water partition coefficient (Wildman–Crippen LogP) is 4.98. The number of amides is 1. The summed E-state index contributed by atoms with van der Waals surface area (Å²) in [5.41, 5.74) is 3.56. The fourth-order valence-corrected chi connectivity index (χ4v) is 3.32. The van der Waals surface area contributed by atoms with Crippen molar-refractivity contribution in [2.45, 2.75) is 6.92 Å². The maximum atomic E-state index is 13.2. The summed E-state index contributed by atoms with van der Waals surface area (Å²) in [7, 11) is 1.60. The lowest BCUT2D eigenvalue weighted by Crippen LogP contribution is -2.12. The molecule has 0 fully saturated rings. The van der Waals surface area contributed by atoms with E-state index in [0.717, 1.165) is 11.3 Å². The zero-order valence-electron chi connectivity index (χ0n) is 18.3. The van der Waals surface area contributed by atoms with Gasteiger partial charge >= 0.3 is 5.97 Å². The van der Waals surface area contributed by atoms with Gasteiger partial charge in [-0.25, -0.2) is 9.48 Å². The molecule has 0 aliphatic heterocycles. The average Bonchev–Trinajstić information content (AvgIpc) is 3.31. The fraction of sp³-hybridized carbons (Fsp3) is 0.115. The van der Waals surface area contributed by atoms with Crippen molar-refractivity contribution < 1.29 is 19.1 Å². The lowest BCUT2D eigenvalue weighted by atomic mass is 10.1. The molecule has 0 aliphatic carbocycles. The second kappa shape index (κ2) is 9.82. The second-order valence-electron chi connectivity index (χ2n) is 7.15. The van der Waals surface area contributed by atoms with Gasteiger partial charge in [-0.15, -0.1) is 0 Å². The highest BCUT2D eigenvalue weighted by Crippen LogP contribution is 2.26. The zero-order valence-corrected chi connectivity index (χ0v) is 18.3. The molecule has 7 nitrogen and oxygen atoms in total. The molecule has 0 aliphatic rings. The molecule has 0 atom stereocenters. The molecular weight excluding hydrogens is 418 g/mol. The number of esters is 1. The second-order valence-corrected chi connectivity index (χ2v) is 7.15. The highest BCUT2D eigenvalue weighted by atomic mass is 16.5. The molecule has 7 heteroatoms. The maximum Gasteiger partial charge on any atom is 0.338 e. The van der Waals surface area contributed by atoms with E-state index in [1.54, 1.807) is 49.2 Å². The Hall–Kier alpha value is -4.39. The van der Waals surface area contributed by atoms with Crippen LogP contribution in [0.25, 0.3) is 16.9 Å². The van der Waals surface area contributed by atoms with Crippen LogP contribution in [-0.2, 0) is 4.74 Å². The van der Waals surface area contributed by atoms with Crippen LogP contribution in [0, 0.1) is 0 Å². The molecular formula is C26H23N3O4. The molecule has 4 rings (SSSR count). The molecule has 1 aromatic heterocycles. The number of carbonyl (C=O) groups excluding carboxylic acids is 2. The molecule has 1 heterocycles. The van der Waals surface area contributed by atoms with E-state index < -0.39 is 5.97 Å². The molecule has 0 saturated carbocycles. The fourth-order valence-electron chi connectivity index (χ4n) is 3.32. The van der Waals surface area contributed by atoms with Crippen molar-refractivity contribution in [2.24, 2.45) is 0 Å². The van der Waals surface area contributed by atoms with Crippen LogP contribution >= 0.6 is 0 Å². The molecule has 0 unspecified atom stereocenters. The van der Waals surface area contributed by atoms with Gasteiger partial charge in [0.15, 0.2) is 0 Å². The van der Waals surface area contributed by atoms with Crippen molar-refractivity contribution in [3.05, 3.63) is 96.2 Å². The number of para-hydroxylation sites is 1. The summed E-state index contributed by atoms with van der Waals surface area (Å²) in [6.45, 7) is 2.05. The van der Waals surface area contributed by atoms with Crippen LogP contribution in [0.4, 0.5) is 5.69 Å². The highest BCUT2D eigenvalue weighted by Gasteiger charge is 2.19. The van der Waals surface area contributed by atoms with Crippen molar-refractivity contribution in [2.75, 3.05) is 19.0 Å². The van der Waals surface area contributed by atoms with E-state index >= 15 is 0 Å². The van der Waals surface area contributed by atoms with Gasteiger partial charge in [-0.05, 0) is 67.6 Å². The number of hydrogen-bond acceptors (Lipinski definition) is 5. The number of rotatable bonds is 7. The number of anilines is 1. The Morgan fingerprint density at radius 2 is 1.64 bits per heavy atom. The summed E-state index contributed by atoms with van der Waals surface area (Å²) < 4.78 is 11.9. The third-order valence-corrected chi connectivity index (χ3v) is 5.00. The van der Waals surface area contributed by atoms with Crippen LogP contribution in [0.5, 0.6) is 5.75 Å². The first-order valence-corrected chi connectivity index (χ1v) is 10.5. The SMILES string of the molecule is CCOC(=O)c1ccc(NC(=O)c2cn(-c3ccccc3)nc2-c2ccc(OC)cc2)cc1. The summed E-state index contributed by atoms with van der Waals surface area (Å²) in [4.78, 5) is 25.1. The van der Waals surface area contributed by atoms with Gasteiger partial charge in [0.25, 0.3) is 5.91 Å². The number of benzene rings is 3. The van der Waals surface area contributed by atoms with E-state index in [4.69, 9.17) is 9.47 Å². The first-order valence-electron chi connectivity index (χ1n) is 10.5. The van der Waals surface area contributed by atoms with Gasteiger partial charge < -0.3 is 14.8 Å². The van der Waals surface area contributed by atoms with E-state index in [0.29, 0.717) is 34.9 Å².